The monoisotopic (exact) mass is 498 g/mol. The van der Waals surface area contributed by atoms with Gasteiger partial charge in [-0.2, -0.15) is 0 Å². The highest BCUT2D eigenvalue weighted by molar-refractivity contribution is 7.16. The number of aryl methyl sites for hydroxylation is 1. The number of nitrogens with zero attached hydrogens (tertiary/aromatic N) is 3. The van der Waals surface area contributed by atoms with Crippen LogP contribution in [-0.4, -0.2) is 51.6 Å². The van der Waals surface area contributed by atoms with E-state index in [0.717, 1.165) is 48.1 Å². The fraction of sp³-hybridized carbons (Fsp3) is 0.636. The molecule has 32 heavy (non-hydrogen) atoms. The molecule has 1 aromatic heterocycles. The number of anilines is 1. The lowest BCUT2D eigenvalue weighted by Crippen LogP contribution is -2.45. The van der Waals surface area contributed by atoms with Crippen molar-refractivity contribution in [3.8, 4) is 0 Å². The van der Waals surface area contributed by atoms with E-state index >= 15 is 0 Å². The number of carbonyl (C=O) groups is 1. The van der Waals surface area contributed by atoms with Crippen LogP contribution in [0.15, 0.2) is 22.6 Å². The normalized spacial score (nSPS) is 17.2. The van der Waals surface area contributed by atoms with Crippen LogP contribution in [0.4, 0.5) is 5.13 Å². The summed E-state index contributed by atoms with van der Waals surface area (Å²) in [6, 6.07) is 0. The van der Waals surface area contributed by atoms with Crippen molar-refractivity contribution in [2.75, 3.05) is 32.2 Å². The summed E-state index contributed by atoms with van der Waals surface area (Å²) in [5.41, 5.74) is 4.71. The molecule has 0 unspecified atom stereocenters. The maximum Gasteiger partial charge on any atom is 0.357 e. The number of hydrogen-bond donors (Lipinski definition) is 1. The van der Waals surface area contributed by atoms with E-state index < -0.39 is 14.3 Å². The summed E-state index contributed by atoms with van der Waals surface area (Å²) < 4.78 is 11.3. The predicted molar refractivity (Wildman–Crippen MR) is 133 cm³/mol. The highest BCUT2D eigenvalue weighted by Crippen LogP contribution is 2.38. The summed E-state index contributed by atoms with van der Waals surface area (Å²) in [7, 11) is 1.56. The molecule has 2 aliphatic rings. The molecule has 3 heterocycles. The lowest BCUT2D eigenvalue weighted by Gasteiger charge is -2.39. The van der Waals surface area contributed by atoms with E-state index in [1.807, 2.05) is 18.1 Å². The SMILES string of the molecule is COC(=O)c1nc(N2CCCC3=C2N(C)NC(Cl)=C3)sc1CCCO[Si](C)(C)C(C)(C)C. The molecule has 1 N–H and O–H groups in total. The van der Waals surface area contributed by atoms with Gasteiger partial charge in [0.25, 0.3) is 0 Å². The van der Waals surface area contributed by atoms with Crippen molar-refractivity contribution in [1.29, 1.82) is 0 Å². The van der Waals surface area contributed by atoms with E-state index in [2.05, 4.69) is 44.2 Å². The molecule has 0 spiro atoms. The Kier molecular flexibility index (Phi) is 7.64. The molecule has 0 saturated carbocycles. The number of rotatable bonds is 7. The van der Waals surface area contributed by atoms with Crippen molar-refractivity contribution in [2.24, 2.45) is 0 Å². The number of methoxy groups -OCH3 is 1. The predicted octanol–water partition coefficient (Wildman–Crippen LogP) is 5.23. The van der Waals surface area contributed by atoms with Gasteiger partial charge in [0, 0.05) is 25.1 Å². The summed E-state index contributed by atoms with van der Waals surface area (Å²) in [6.07, 6.45) is 5.50. The second-order valence-corrected chi connectivity index (χ2v) is 16.0. The molecule has 0 saturated heterocycles. The van der Waals surface area contributed by atoms with Crippen LogP contribution in [0, 0.1) is 0 Å². The third kappa shape index (κ3) is 5.32. The number of thiazole rings is 1. The zero-order valence-electron chi connectivity index (χ0n) is 20.2. The molecular weight excluding hydrogens is 464 g/mol. The zero-order valence-corrected chi connectivity index (χ0v) is 22.7. The number of esters is 1. The Morgan fingerprint density at radius 2 is 2.09 bits per heavy atom. The molecule has 0 aromatic carbocycles. The van der Waals surface area contributed by atoms with Crippen molar-refractivity contribution >= 4 is 42.4 Å². The summed E-state index contributed by atoms with van der Waals surface area (Å²) in [5.74, 6) is 0.635. The average Bonchev–Trinajstić information content (AvgIpc) is 3.13. The Labute approximate surface area is 201 Å². The number of carbonyl (C=O) groups excluding carboxylic acids is 1. The summed E-state index contributed by atoms with van der Waals surface area (Å²) in [4.78, 5) is 20.3. The van der Waals surface area contributed by atoms with Crippen molar-refractivity contribution in [3.05, 3.63) is 33.2 Å². The van der Waals surface area contributed by atoms with Gasteiger partial charge in [-0.3, -0.25) is 10.4 Å². The lowest BCUT2D eigenvalue weighted by molar-refractivity contribution is 0.0593. The van der Waals surface area contributed by atoms with Gasteiger partial charge in [0.15, 0.2) is 19.1 Å². The van der Waals surface area contributed by atoms with Crippen molar-refractivity contribution in [3.63, 3.8) is 0 Å². The van der Waals surface area contributed by atoms with Crippen LogP contribution < -0.4 is 10.3 Å². The first-order valence-corrected chi connectivity index (χ1v) is 15.1. The smallest absolute Gasteiger partial charge is 0.357 e. The highest BCUT2D eigenvalue weighted by Gasteiger charge is 2.37. The van der Waals surface area contributed by atoms with Gasteiger partial charge >= 0.3 is 5.97 Å². The van der Waals surface area contributed by atoms with E-state index in [4.69, 9.17) is 25.7 Å². The van der Waals surface area contributed by atoms with Gasteiger partial charge in [0.05, 0.1) is 7.11 Å². The van der Waals surface area contributed by atoms with Crippen LogP contribution in [0.1, 0.15) is 55.4 Å². The molecule has 178 valence electrons. The number of allylic oxidation sites excluding steroid dienone is 2. The number of nitrogens with one attached hydrogen (secondary N) is 1. The first-order valence-electron chi connectivity index (χ1n) is 11.0. The van der Waals surface area contributed by atoms with Crippen molar-refractivity contribution < 1.29 is 14.0 Å². The van der Waals surface area contributed by atoms with Gasteiger partial charge in [0.1, 0.15) is 11.0 Å². The van der Waals surface area contributed by atoms with E-state index in [0.29, 0.717) is 17.5 Å². The minimum absolute atomic E-state index is 0.179. The number of aromatic nitrogens is 1. The van der Waals surface area contributed by atoms with Gasteiger partial charge < -0.3 is 14.1 Å². The second kappa shape index (κ2) is 9.75. The third-order valence-corrected chi connectivity index (χ3v) is 12.2. The fourth-order valence-electron chi connectivity index (χ4n) is 3.59. The molecule has 7 nitrogen and oxygen atoms in total. The third-order valence-electron chi connectivity index (χ3n) is 6.38. The number of hydrazine groups is 1. The standard InChI is InChI=1S/C22H35ClN4O3SSi/c1-22(2,3)32(6,7)30-13-9-11-16-18(20(28)29-5)24-21(31-16)27-12-8-10-15-14-17(23)25-26(4)19(15)27/h14,25H,8-13H2,1-7H3. The largest absolute Gasteiger partial charge is 0.464 e. The Bertz CT molecular complexity index is 923. The van der Waals surface area contributed by atoms with Gasteiger partial charge in [-0.15, -0.1) is 11.3 Å². The van der Waals surface area contributed by atoms with E-state index in [9.17, 15) is 4.79 Å². The van der Waals surface area contributed by atoms with E-state index in [1.165, 1.54) is 12.7 Å². The summed E-state index contributed by atoms with van der Waals surface area (Å²) >= 11 is 7.78. The number of ether oxygens (including phenoxy) is 1. The van der Waals surface area contributed by atoms with Crippen molar-refractivity contribution in [1.82, 2.24) is 15.4 Å². The molecule has 1 aromatic rings. The van der Waals surface area contributed by atoms with Crippen LogP contribution in [0.3, 0.4) is 0 Å². The van der Waals surface area contributed by atoms with Gasteiger partial charge in [0.2, 0.25) is 0 Å². The molecule has 0 aliphatic carbocycles. The molecule has 0 fully saturated rings. The maximum atomic E-state index is 12.5. The molecule has 3 rings (SSSR count). The minimum atomic E-state index is -1.79. The van der Waals surface area contributed by atoms with Gasteiger partial charge in [-0.25, -0.2) is 9.78 Å². The Morgan fingerprint density at radius 1 is 1.38 bits per heavy atom. The van der Waals surface area contributed by atoms with Crippen LogP contribution in [-0.2, 0) is 15.6 Å². The van der Waals surface area contributed by atoms with Crippen molar-refractivity contribution in [2.45, 2.75) is 64.6 Å². The van der Waals surface area contributed by atoms with Crippen LogP contribution in [0.25, 0.3) is 0 Å². The van der Waals surface area contributed by atoms with E-state index in [1.54, 1.807) is 11.3 Å². The topological polar surface area (TPSA) is 66.9 Å². The summed E-state index contributed by atoms with van der Waals surface area (Å²) in [5, 5.41) is 3.50. The Morgan fingerprint density at radius 3 is 2.75 bits per heavy atom. The number of hydrogen-bond acceptors (Lipinski definition) is 8. The maximum absolute atomic E-state index is 12.5. The van der Waals surface area contributed by atoms with Gasteiger partial charge in [-0.05, 0) is 55.5 Å². The molecular formula is C22H35ClN4O3SSi. The molecule has 0 amide bonds. The molecule has 0 atom stereocenters. The Balaban J connectivity index is 1.80. The fourth-order valence-corrected chi connectivity index (χ4v) is 6.06. The molecule has 0 radical (unpaired) electrons. The van der Waals surface area contributed by atoms with E-state index in [-0.39, 0.29) is 5.04 Å². The van der Waals surface area contributed by atoms with Crippen LogP contribution in [0.5, 0.6) is 0 Å². The summed E-state index contributed by atoms with van der Waals surface area (Å²) in [6.45, 7) is 12.8. The van der Waals surface area contributed by atoms with Crippen LogP contribution >= 0.6 is 22.9 Å². The zero-order chi connectivity index (χ0) is 23.7. The molecule has 0 bridgehead atoms. The second-order valence-electron chi connectivity index (χ2n) is 9.74. The minimum Gasteiger partial charge on any atom is -0.464 e. The molecule has 10 heteroatoms. The number of halogens is 1. The lowest BCUT2D eigenvalue weighted by atomic mass is 10.0. The molecule has 2 aliphatic heterocycles. The highest BCUT2D eigenvalue weighted by atomic mass is 35.5. The van der Waals surface area contributed by atoms with Crippen LogP contribution in [0.2, 0.25) is 18.1 Å². The first-order chi connectivity index (χ1) is 14.9. The average molecular weight is 499 g/mol. The Hall–Kier alpha value is -1.55. The quantitative estimate of drug-likeness (QED) is 0.239. The first kappa shape index (κ1) is 25.1. The van der Waals surface area contributed by atoms with Gasteiger partial charge in [-0.1, -0.05) is 32.4 Å².